The lowest BCUT2D eigenvalue weighted by Gasteiger charge is -2.43. The molecule has 2 rings (SSSR count). The molecule has 110 valence electrons. The summed E-state index contributed by atoms with van der Waals surface area (Å²) in [5.41, 5.74) is 6.43. The zero-order chi connectivity index (χ0) is 14.8. The molecule has 1 aliphatic rings. The number of piperazine rings is 1. The van der Waals surface area contributed by atoms with Crippen LogP contribution in [-0.2, 0) is 0 Å². The van der Waals surface area contributed by atoms with Crippen LogP contribution in [0.25, 0.3) is 0 Å². The number of nitrogens with two attached hydrogens (primary N) is 1. The molecule has 0 amide bonds. The van der Waals surface area contributed by atoms with Crippen LogP contribution in [-0.4, -0.2) is 57.9 Å². The van der Waals surface area contributed by atoms with E-state index < -0.39 is 5.54 Å². The minimum Gasteiger partial charge on any atom is -0.409 e. The first-order valence-electron chi connectivity index (χ1n) is 6.72. The van der Waals surface area contributed by atoms with Crippen LogP contribution >= 0.6 is 0 Å². The average molecular weight is 278 g/mol. The molecule has 0 unspecified atom stereocenters. The number of hydrogen-bond acceptors (Lipinski definition) is 6. The number of anilines is 1. The number of oxime groups is 1. The topological polar surface area (TPSA) is 90.9 Å². The molecule has 0 atom stereocenters. The van der Waals surface area contributed by atoms with Gasteiger partial charge in [-0.15, -0.1) is 5.10 Å². The molecule has 7 heteroatoms. The average Bonchev–Trinajstić information content (AvgIpc) is 2.46. The first kappa shape index (κ1) is 14.5. The van der Waals surface area contributed by atoms with Crippen LogP contribution in [0.4, 0.5) is 5.82 Å². The third-order valence-electron chi connectivity index (χ3n) is 3.91. The fourth-order valence-corrected chi connectivity index (χ4v) is 2.38. The van der Waals surface area contributed by atoms with Crippen molar-refractivity contribution in [1.29, 1.82) is 0 Å². The van der Waals surface area contributed by atoms with Crippen LogP contribution in [0.5, 0.6) is 0 Å². The highest BCUT2D eigenvalue weighted by atomic mass is 16.4. The van der Waals surface area contributed by atoms with Crippen molar-refractivity contribution in [2.75, 3.05) is 31.1 Å². The second-order valence-corrected chi connectivity index (χ2v) is 5.61. The first-order chi connectivity index (χ1) is 9.45. The van der Waals surface area contributed by atoms with E-state index >= 15 is 0 Å². The van der Waals surface area contributed by atoms with E-state index in [1.54, 1.807) is 6.20 Å². The highest BCUT2D eigenvalue weighted by Crippen LogP contribution is 2.20. The fraction of sp³-hybridized carbons (Fsp3) is 0.615. The number of aryl methyl sites for hydroxylation is 1. The Hall–Kier alpha value is -1.89. The van der Waals surface area contributed by atoms with Gasteiger partial charge in [0.05, 0.1) is 11.7 Å². The second kappa shape index (κ2) is 5.62. The predicted molar refractivity (Wildman–Crippen MR) is 78.0 cm³/mol. The Balaban J connectivity index is 2.03. The van der Waals surface area contributed by atoms with Crippen LogP contribution in [0, 0.1) is 6.92 Å². The Morgan fingerprint density at radius 2 is 2.00 bits per heavy atom. The van der Waals surface area contributed by atoms with Gasteiger partial charge in [0.25, 0.3) is 0 Å². The molecule has 20 heavy (non-hydrogen) atoms. The summed E-state index contributed by atoms with van der Waals surface area (Å²) in [4.78, 5) is 4.42. The number of hydrogen-bond donors (Lipinski definition) is 2. The van der Waals surface area contributed by atoms with E-state index in [1.165, 1.54) is 0 Å². The minimum atomic E-state index is -0.445. The quantitative estimate of drug-likeness (QED) is 0.361. The SMILES string of the molecule is Cc1cnnc(N2CCN(C(C)(C)C(N)=NO)CC2)c1. The summed E-state index contributed by atoms with van der Waals surface area (Å²) < 4.78 is 0. The largest absolute Gasteiger partial charge is 0.409 e. The van der Waals surface area contributed by atoms with Gasteiger partial charge in [-0.1, -0.05) is 5.16 Å². The van der Waals surface area contributed by atoms with Crippen LogP contribution in [0.15, 0.2) is 17.4 Å². The van der Waals surface area contributed by atoms with Gasteiger partial charge in [-0.2, -0.15) is 5.10 Å². The van der Waals surface area contributed by atoms with Crippen molar-refractivity contribution < 1.29 is 5.21 Å². The van der Waals surface area contributed by atoms with Gasteiger partial charge in [0, 0.05) is 26.2 Å². The van der Waals surface area contributed by atoms with Gasteiger partial charge in [-0.3, -0.25) is 4.90 Å². The Kier molecular flexibility index (Phi) is 4.08. The van der Waals surface area contributed by atoms with Crippen LogP contribution in [0.3, 0.4) is 0 Å². The molecule has 1 saturated heterocycles. The summed E-state index contributed by atoms with van der Waals surface area (Å²) in [6.07, 6.45) is 1.75. The van der Waals surface area contributed by atoms with Crippen LogP contribution in [0.1, 0.15) is 19.4 Å². The molecule has 2 heterocycles. The van der Waals surface area contributed by atoms with Gasteiger partial charge in [0.1, 0.15) is 0 Å². The molecule has 0 aliphatic carbocycles. The zero-order valence-corrected chi connectivity index (χ0v) is 12.2. The van der Waals surface area contributed by atoms with Crippen molar-refractivity contribution in [2.24, 2.45) is 10.9 Å². The molecule has 0 spiro atoms. The maximum Gasteiger partial charge on any atom is 0.159 e. The maximum absolute atomic E-state index is 8.87. The van der Waals surface area contributed by atoms with Crippen molar-refractivity contribution in [3.8, 4) is 0 Å². The fourth-order valence-electron chi connectivity index (χ4n) is 2.38. The lowest BCUT2D eigenvalue weighted by atomic mass is 10.0. The van der Waals surface area contributed by atoms with Crippen molar-refractivity contribution in [2.45, 2.75) is 26.3 Å². The molecule has 0 aromatic carbocycles. The monoisotopic (exact) mass is 278 g/mol. The molecule has 0 radical (unpaired) electrons. The number of nitrogens with zero attached hydrogens (tertiary/aromatic N) is 5. The Morgan fingerprint density at radius 3 is 2.55 bits per heavy atom. The molecule has 3 N–H and O–H groups in total. The summed E-state index contributed by atoms with van der Waals surface area (Å²) in [6, 6.07) is 2.04. The van der Waals surface area contributed by atoms with Crippen molar-refractivity contribution >= 4 is 11.7 Å². The normalized spacial score (nSPS) is 18.4. The van der Waals surface area contributed by atoms with Gasteiger partial charge >= 0.3 is 0 Å². The zero-order valence-electron chi connectivity index (χ0n) is 12.2. The van der Waals surface area contributed by atoms with E-state index in [-0.39, 0.29) is 5.84 Å². The molecular weight excluding hydrogens is 256 g/mol. The van der Waals surface area contributed by atoms with E-state index in [0.29, 0.717) is 0 Å². The predicted octanol–water partition coefficient (Wildman–Crippen LogP) is 0.432. The summed E-state index contributed by atoms with van der Waals surface area (Å²) in [5.74, 6) is 1.15. The lowest BCUT2D eigenvalue weighted by Crippen LogP contribution is -2.60. The highest BCUT2D eigenvalue weighted by molar-refractivity contribution is 5.88. The molecule has 1 aromatic rings. The summed E-state index contributed by atoms with van der Waals surface area (Å²) in [5, 5.41) is 20.2. The molecule has 1 aromatic heterocycles. The van der Waals surface area contributed by atoms with E-state index in [4.69, 9.17) is 10.9 Å². The van der Waals surface area contributed by atoms with E-state index in [0.717, 1.165) is 37.6 Å². The highest BCUT2D eigenvalue weighted by Gasteiger charge is 2.34. The van der Waals surface area contributed by atoms with Gasteiger partial charge < -0.3 is 15.8 Å². The number of amidine groups is 1. The first-order valence-corrected chi connectivity index (χ1v) is 6.72. The van der Waals surface area contributed by atoms with Gasteiger partial charge in [-0.25, -0.2) is 0 Å². The van der Waals surface area contributed by atoms with Gasteiger partial charge in [-0.05, 0) is 32.4 Å². The van der Waals surface area contributed by atoms with Crippen molar-refractivity contribution in [3.63, 3.8) is 0 Å². The molecule has 1 aliphatic heterocycles. The Morgan fingerprint density at radius 1 is 1.35 bits per heavy atom. The van der Waals surface area contributed by atoms with E-state index in [1.807, 2.05) is 26.8 Å². The smallest absolute Gasteiger partial charge is 0.159 e. The number of aromatic nitrogens is 2. The van der Waals surface area contributed by atoms with Gasteiger partial charge in [0.2, 0.25) is 0 Å². The summed E-state index contributed by atoms with van der Waals surface area (Å²) in [6.45, 7) is 9.29. The lowest BCUT2D eigenvalue weighted by molar-refractivity contribution is 0.161. The number of rotatable bonds is 3. The second-order valence-electron chi connectivity index (χ2n) is 5.61. The third-order valence-corrected chi connectivity index (χ3v) is 3.91. The Bertz CT molecular complexity index is 493. The third kappa shape index (κ3) is 2.82. The molecule has 0 saturated carbocycles. The van der Waals surface area contributed by atoms with Crippen molar-refractivity contribution in [3.05, 3.63) is 17.8 Å². The molecule has 7 nitrogen and oxygen atoms in total. The standard InChI is InChI=1S/C13H22N6O/c1-10-8-11(16-15-9-10)18-4-6-19(7-5-18)13(2,3)12(14)17-20/h8-9,20H,4-7H2,1-3H3,(H2,14,17). The van der Waals surface area contributed by atoms with Crippen LogP contribution in [0.2, 0.25) is 0 Å². The van der Waals surface area contributed by atoms with Crippen LogP contribution < -0.4 is 10.6 Å². The maximum atomic E-state index is 8.87. The minimum absolute atomic E-state index is 0.237. The summed E-state index contributed by atoms with van der Waals surface area (Å²) in [7, 11) is 0. The summed E-state index contributed by atoms with van der Waals surface area (Å²) >= 11 is 0. The van der Waals surface area contributed by atoms with Crippen molar-refractivity contribution in [1.82, 2.24) is 15.1 Å². The van der Waals surface area contributed by atoms with E-state index in [2.05, 4.69) is 25.2 Å². The van der Waals surface area contributed by atoms with Gasteiger partial charge in [0.15, 0.2) is 11.7 Å². The molecule has 1 fully saturated rings. The molecule has 0 bridgehead atoms. The Labute approximate surface area is 119 Å². The molecular formula is C13H22N6O. The van der Waals surface area contributed by atoms with E-state index in [9.17, 15) is 0 Å².